The van der Waals surface area contributed by atoms with Crippen LogP contribution in [-0.4, -0.2) is 34.8 Å². The van der Waals surface area contributed by atoms with Crippen molar-refractivity contribution in [1.29, 1.82) is 5.26 Å². The number of rotatable bonds is 3. The first-order chi connectivity index (χ1) is 14.9. The fraction of sp³-hybridized carbons (Fsp3) is 0.130. The second-order valence-corrected chi connectivity index (χ2v) is 9.31. The summed E-state index contributed by atoms with van der Waals surface area (Å²) in [6, 6.07) is 19.9. The molecule has 2 heterocycles. The van der Waals surface area contributed by atoms with Gasteiger partial charge in [-0.2, -0.15) is 5.26 Å². The number of carbonyl (C=O) groups is 1. The molecule has 5 rings (SSSR count). The highest BCUT2D eigenvalue weighted by Gasteiger charge is 2.38. The highest BCUT2D eigenvalue weighted by atomic mass is 32.2. The maximum atomic E-state index is 13.3. The Morgan fingerprint density at radius 3 is 2.10 bits per heavy atom. The minimum Gasteiger partial charge on any atom is -0.328 e. The molecule has 3 aromatic rings. The summed E-state index contributed by atoms with van der Waals surface area (Å²) in [5, 5.41) is 11.2. The number of para-hydroxylation sites is 2. The average Bonchev–Trinajstić information content (AvgIpc) is 3.14. The van der Waals surface area contributed by atoms with Crippen LogP contribution >= 0.6 is 0 Å². The number of nitriles is 1. The molecule has 0 spiro atoms. The maximum Gasteiger partial charge on any atom is 0.265 e. The Hall–Kier alpha value is -3.83. The first-order valence-corrected chi connectivity index (χ1v) is 11.1. The van der Waals surface area contributed by atoms with Gasteiger partial charge in [0.25, 0.3) is 10.0 Å². The van der Waals surface area contributed by atoms with Gasteiger partial charge in [0.15, 0.2) is 5.78 Å². The molecule has 0 fully saturated rings. The number of fused-ring (bicyclic) bond motifs is 1. The third-order valence-electron chi connectivity index (χ3n) is 5.82. The Morgan fingerprint density at radius 1 is 0.903 bits per heavy atom. The van der Waals surface area contributed by atoms with Crippen LogP contribution in [0.15, 0.2) is 77.0 Å². The fourth-order valence-corrected chi connectivity index (χ4v) is 6.06. The molecule has 0 aromatic heterocycles. The number of hydrogen-bond donors (Lipinski definition) is 0. The first kappa shape index (κ1) is 19.2. The molecule has 154 valence electrons. The molecule has 0 bridgehead atoms. The molecule has 0 radical (unpaired) electrons. The molecule has 0 unspecified atom stereocenters. The van der Waals surface area contributed by atoms with E-state index >= 15 is 0 Å². The van der Waals surface area contributed by atoms with Crippen molar-refractivity contribution < 1.29 is 13.2 Å². The zero-order valence-electron chi connectivity index (χ0n) is 16.9. The lowest BCUT2D eigenvalue weighted by Crippen LogP contribution is -2.35. The van der Waals surface area contributed by atoms with Crippen LogP contribution < -0.4 is 14.1 Å². The molecule has 0 saturated heterocycles. The van der Waals surface area contributed by atoms with Gasteiger partial charge in [-0.3, -0.25) is 9.10 Å². The summed E-state index contributed by atoms with van der Waals surface area (Å²) in [7, 11) is -0.320. The van der Waals surface area contributed by atoms with Crippen LogP contribution in [-0.2, 0) is 14.8 Å². The lowest BCUT2D eigenvalue weighted by Gasteiger charge is -2.22. The molecule has 2 aliphatic rings. The number of ketones is 1. The smallest absolute Gasteiger partial charge is 0.265 e. The molecule has 0 aliphatic carbocycles. The van der Waals surface area contributed by atoms with Crippen LogP contribution in [0.2, 0.25) is 0 Å². The van der Waals surface area contributed by atoms with Crippen LogP contribution in [0.1, 0.15) is 0 Å². The largest absolute Gasteiger partial charge is 0.328 e. The SMILES string of the molecule is CN1C(=C(C#N)C(=O)CN2c3cccc4cccc(c34)S2(=O)=O)N(C)c2ccccc21. The van der Waals surface area contributed by atoms with Crippen molar-refractivity contribution in [3.63, 3.8) is 0 Å². The van der Waals surface area contributed by atoms with Crippen molar-refractivity contribution in [1.82, 2.24) is 0 Å². The van der Waals surface area contributed by atoms with E-state index in [2.05, 4.69) is 0 Å². The summed E-state index contributed by atoms with van der Waals surface area (Å²) in [4.78, 5) is 17.0. The molecule has 0 atom stereocenters. The lowest BCUT2D eigenvalue weighted by molar-refractivity contribution is -0.113. The minimum absolute atomic E-state index is 0.0838. The number of carbonyl (C=O) groups excluding carboxylic acids is 1. The second kappa shape index (κ2) is 6.59. The fourth-order valence-electron chi connectivity index (χ4n) is 4.40. The average molecular weight is 430 g/mol. The molecule has 0 saturated carbocycles. The number of anilines is 3. The highest BCUT2D eigenvalue weighted by molar-refractivity contribution is 7.93. The van der Waals surface area contributed by atoms with Crippen molar-refractivity contribution >= 4 is 43.6 Å². The normalized spacial score (nSPS) is 15.9. The summed E-state index contributed by atoms with van der Waals surface area (Å²) in [5.41, 5.74) is 2.11. The molecule has 31 heavy (non-hydrogen) atoms. The van der Waals surface area contributed by atoms with Crippen molar-refractivity contribution in [2.24, 2.45) is 0 Å². The van der Waals surface area contributed by atoms with E-state index in [-0.39, 0.29) is 10.5 Å². The molecule has 3 aromatic carbocycles. The van der Waals surface area contributed by atoms with Crippen LogP contribution in [0.3, 0.4) is 0 Å². The number of hydrogen-bond acceptors (Lipinski definition) is 6. The van der Waals surface area contributed by atoms with Gasteiger partial charge in [-0.1, -0.05) is 36.4 Å². The van der Waals surface area contributed by atoms with Crippen LogP contribution in [0.4, 0.5) is 17.1 Å². The Morgan fingerprint density at radius 2 is 1.48 bits per heavy atom. The zero-order chi connectivity index (χ0) is 21.9. The number of nitrogens with zero attached hydrogens (tertiary/aromatic N) is 4. The van der Waals surface area contributed by atoms with E-state index < -0.39 is 22.4 Å². The van der Waals surface area contributed by atoms with Crippen molar-refractivity contribution in [2.45, 2.75) is 4.90 Å². The Balaban J connectivity index is 1.58. The van der Waals surface area contributed by atoms with Crippen molar-refractivity contribution in [2.75, 3.05) is 34.7 Å². The van der Waals surface area contributed by atoms with Gasteiger partial charge in [-0.15, -0.1) is 0 Å². The van der Waals surface area contributed by atoms with Crippen molar-refractivity contribution in [3.8, 4) is 6.07 Å². The second-order valence-electron chi connectivity index (χ2n) is 7.48. The van der Waals surface area contributed by atoms with E-state index in [4.69, 9.17) is 0 Å². The number of sulfonamides is 1. The quantitative estimate of drug-likeness (QED) is 0.469. The third kappa shape index (κ3) is 2.57. The van der Waals surface area contributed by atoms with Gasteiger partial charge in [0.05, 0.1) is 28.5 Å². The maximum absolute atomic E-state index is 13.3. The van der Waals surface area contributed by atoms with Crippen LogP contribution in [0.5, 0.6) is 0 Å². The first-order valence-electron chi connectivity index (χ1n) is 9.65. The molecular formula is C23H18N4O3S. The topological polar surface area (TPSA) is 84.7 Å². The summed E-state index contributed by atoms with van der Waals surface area (Å²) < 4.78 is 27.5. The van der Waals surface area contributed by atoms with Crippen LogP contribution in [0.25, 0.3) is 10.8 Å². The van der Waals surface area contributed by atoms with E-state index in [1.54, 1.807) is 48.2 Å². The van der Waals surface area contributed by atoms with E-state index in [1.165, 1.54) is 0 Å². The summed E-state index contributed by atoms with van der Waals surface area (Å²) in [6.45, 7) is -0.444. The van der Waals surface area contributed by atoms with Crippen molar-refractivity contribution in [3.05, 3.63) is 72.1 Å². The van der Waals surface area contributed by atoms with E-state index in [9.17, 15) is 18.5 Å². The summed E-state index contributed by atoms with van der Waals surface area (Å²) in [6.07, 6.45) is 0. The molecule has 8 heteroatoms. The number of Topliss-reactive ketones (excluding diaryl/α,β-unsaturated/α-hetero) is 1. The predicted octanol–water partition coefficient (Wildman–Crippen LogP) is 3.24. The Bertz CT molecular complexity index is 1420. The Labute approximate surface area is 180 Å². The van der Waals surface area contributed by atoms with Gasteiger partial charge < -0.3 is 9.80 Å². The van der Waals surface area contributed by atoms with Gasteiger partial charge in [-0.05, 0) is 29.7 Å². The number of benzene rings is 3. The van der Waals surface area contributed by atoms with E-state index in [0.29, 0.717) is 16.9 Å². The van der Waals surface area contributed by atoms with Gasteiger partial charge in [0.1, 0.15) is 17.5 Å². The van der Waals surface area contributed by atoms with Crippen LogP contribution in [0, 0.1) is 11.3 Å². The third-order valence-corrected chi connectivity index (χ3v) is 7.62. The highest BCUT2D eigenvalue weighted by Crippen LogP contribution is 2.43. The lowest BCUT2D eigenvalue weighted by atomic mass is 10.1. The van der Waals surface area contributed by atoms with Gasteiger partial charge >= 0.3 is 0 Å². The van der Waals surface area contributed by atoms with Gasteiger partial charge in [0.2, 0.25) is 0 Å². The molecule has 0 N–H and O–H groups in total. The predicted molar refractivity (Wildman–Crippen MR) is 119 cm³/mol. The van der Waals surface area contributed by atoms with E-state index in [0.717, 1.165) is 21.1 Å². The van der Waals surface area contributed by atoms with E-state index in [1.807, 2.05) is 42.5 Å². The summed E-state index contributed by atoms with van der Waals surface area (Å²) >= 11 is 0. The zero-order valence-corrected chi connectivity index (χ0v) is 17.7. The van der Waals surface area contributed by atoms with Gasteiger partial charge in [-0.25, -0.2) is 8.42 Å². The molecule has 0 amide bonds. The standard InChI is InChI=1S/C23H18N4O3S/c1-25-17-9-3-4-10-18(17)26(2)23(25)16(13-24)20(28)14-27-19-11-5-7-15-8-6-12-21(22(15)19)31(27,29)30/h3-12H,14H2,1-2H3. The molecule has 7 nitrogen and oxygen atoms in total. The monoisotopic (exact) mass is 430 g/mol. The Kier molecular flexibility index (Phi) is 4.07. The molecular weight excluding hydrogens is 412 g/mol. The van der Waals surface area contributed by atoms with Gasteiger partial charge in [0, 0.05) is 19.5 Å². The minimum atomic E-state index is -3.89. The summed E-state index contributed by atoms with van der Waals surface area (Å²) in [5.74, 6) is -0.126. The molecule has 2 aliphatic heterocycles.